The van der Waals surface area contributed by atoms with Gasteiger partial charge in [0.1, 0.15) is 6.61 Å². The molecule has 0 bridgehead atoms. The van der Waals surface area contributed by atoms with Crippen LogP contribution in [0.5, 0.6) is 0 Å². The topological polar surface area (TPSA) is 44.8 Å². The quantitative estimate of drug-likeness (QED) is 0.185. The summed E-state index contributed by atoms with van der Waals surface area (Å²) in [6.07, 6.45) is 15.3. The third-order valence-corrected chi connectivity index (χ3v) is 5.13. The average Bonchev–Trinajstić information content (AvgIpc) is 2.67. The molecule has 1 aliphatic rings. The second kappa shape index (κ2) is 16.4. The minimum atomic E-state index is -0.0975. The summed E-state index contributed by atoms with van der Waals surface area (Å²) < 4.78 is 15.9. The van der Waals surface area contributed by atoms with Gasteiger partial charge in [-0.3, -0.25) is 4.79 Å². The van der Waals surface area contributed by atoms with Gasteiger partial charge < -0.3 is 14.2 Å². The van der Waals surface area contributed by atoms with Crippen molar-refractivity contribution in [3.05, 3.63) is 34.9 Å². The largest absolute Gasteiger partial charge is 0.463 e. The van der Waals surface area contributed by atoms with Gasteiger partial charge in [0.2, 0.25) is 0 Å². The summed E-state index contributed by atoms with van der Waals surface area (Å²) in [5.41, 5.74) is 4.37. The highest BCUT2D eigenvalue weighted by molar-refractivity contribution is 5.69. The van der Waals surface area contributed by atoms with Crippen LogP contribution in [-0.4, -0.2) is 39.0 Å². The summed E-state index contributed by atoms with van der Waals surface area (Å²) in [5, 5.41) is 0. The Bertz CT molecular complexity index is 541. The van der Waals surface area contributed by atoms with Gasteiger partial charge in [-0.15, -0.1) is 0 Å². The van der Waals surface area contributed by atoms with E-state index in [1.165, 1.54) is 16.7 Å². The standard InChI is InChI=1S/C25H42O4/c1-5-27-15-16-28-17-18-29-25(26)20-24-14-8-13-23(19-24)12-7-11-22(4)10-6-9-21(2)3/h9,11,13,24H,5-8,10,12,14-20H2,1-4H3. The number of esters is 1. The Morgan fingerprint density at radius 2 is 1.83 bits per heavy atom. The van der Waals surface area contributed by atoms with Crippen molar-refractivity contribution in [2.45, 2.75) is 79.1 Å². The molecule has 0 aromatic rings. The Morgan fingerprint density at radius 1 is 1.07 bits per heavy atom. The lowest BCUT2D eigenvalue weighted by Crippen LogP contribution is -2.17. The van der Waals surface area contributed by atoms with Crippen LogP contribution >= 0.6 is 0 Å². The molecule has 166 valence electrons. The van der Waals surface area contributed by atoms with Crippen molar-refractivity contribution in [1.29, 1.82) is 0 Å². The van der Waals surface area contributed by atoms with E-state index in [-0.39, 0.29) is 5.97 Å². The van der Waals surface area contributed by atoms with Crippen molar-refractivity contribution < 1.29 is 19.0 Å². The molecule has 29 heavy (non-hydrogen) atoms. The molecule has 1 unspecified atom stereocenters. The second-order valence-corrected chi connectivity index (χ2v) is 8.15. The van der Waals surface area contributed by atoms with E-state index >= 15 is 0 Å². The minimum Gasteiger partial charge on any atom is -0.463 e. The predicted molar refractivity (Wildman–Crippen MR) is 120 cm³/mol. The first kappa shape index (κ1) is 25.6. The van der Waals surface area contributed by atoms with E-state index in [0.29, 0.717) is 45.4 Å². The molecule has 0 aliphatic heterocycles. The van der Waals surface area contributed by atoms with Crippen LogP contribution in [0.15, 0.2) is 34.9 Å². The van der Waals surface area contributed by atoms with Gasteiger partial charge in [-0.25, -0.2) is 0 Å². The van der Waals surface area contributed by atoms with Crippen LogP contribution in [0.25, 0.3) is 0 Å². The van der Waals surface area contributed by atoms with Crippen molar-refractivity contribution in [2.24, 2.45) is 5.92 Å². The van der Waals surface area contributed by atoms with Crippen molar-refractivity contribution in [2.75, 3.05) is 33.0 Å². The molecule has 4 nitrogen and oxygen atoms in total. The van der Waals surface area contributed by atoms with Crippen LogP contribution in [-0.2, 0) is 19.0 Å². The predicted octanol–water partition coefficient (Wildman–Crippen LogP) is 6.17. The summed E-state index contributed by atoms with van der Waals surface area (Å²) in [5.74, 6) is 0.323. The normalized spacial score (nSPS) is 17.0. The molecular formula is C25H42O4. The molecule has 1 aliphatic carbocycles. The molecule has 0 amide bonds. The van der Waals surface area contributed by atoms with E-state index in [0.717, 1.165) is 44.9 Å². The fourth-order valence-corrected chi connectivity index (χ4v) is 3.53. The van der Waals surface area contributed by atoms with E-state index < -0.39 is 0 Å². The first-order valence-corrected chi connectivity index (χ1v) is 11.3. The monoisotopic (exact) mass is 406 g/mol. The van der Waals surface area contributed by atoms with E-state index in [1.54, 1.807) is 0 Å². The van der Waals surface area contributed by atoms with Crippen molar-refractivity contribution in [3.63, 3.8) is 0 Å². The van der Waals surface area contributed by atoms with Gasteiger partial charge in [-0.05, 0) is 78.6 Å². The van der Waals surface area contributed by atoms with Gasteiger partial charge in [0.25, 0.3) is 0 Å². The zero-order valence-electron chi connectivity index (χ0n) is 19.1. The average molecular weight is 407 g/mol. The van der Waals surface area contributed by atoms with Crippen LogP contribution < -0.4 is 0 Å². The molecule has 0 aromatic heterocycles. The van der Waals surface area contributed by atoms with Gasteiger partial charge in [0.05, 0.1) is 19.8 Å². The summed E-state index contributed by atoms with van der Waals surface area (Å²) in [4.78, 5) is 12.1. The molecular weight excluding hydrogens is 364 g/mol. The van der Waals surface area contributed by atoms with Gasteiger partial charge in [0.15, 0.2) is 0 Å². The number of rotatable bonds is 15. The summed E-state index contributed by atoms with van der Waals surface area (Å²) >= 11 is 0. The summed E-state index contributed by atoms with van der Waals surface area (Å²) in [7, 11) is 0. The lowest BCUT2D eigenvalue weighted by Gasteiger charge is -2.22. The molecule has 0 fully saturated rings. The maximum absolute atomic E-state index is 12.1. The van der Waals surface area contributed by atoms with Gasteiger partial charge in [-0.2, -0.15) is 0 Å². The summed E-state index contributed by atoms with van der Waals surface area (Å²) in [6.45, 7) is 11.1. The maximum Gasteiger partial charge on any atom is 0.306 e. The molecule has 1 atom stereocenters. The van der Waals surface area contributed by atoms with Crippen LogP contribution in [0.3, 0.4) is 0 Å². The zero-order valence-corrected chi connectivity index (χ0v) is 19.1. The number of allylic oxidation sites excluding steroid dienone is 6. The molecule has 0 N–H and O–H groups in total. The van der Waals surface area contributed by atoms with Crippen LogP contribution in [0.2, 0.25) is 0 Å². The molecule has 0 saturated heterocycles. The first-order chi connectivity index (χ1) is 14.0. The van der Waals surface area contributed by atoms with Crippen LogP contribution in [0.4, 0.5) is 0 Å². The molecule has 0 saturated carbocycles. The number of carbonyl (C=O) groups is 1. The number of ether oxygens (including phenoxy) is 3. The van der Waals surface area contributed by atoms with Crippen molar-refractivity contribution in [3.8, 4) is 0 Å². The lowest BCUT2D eigenvalue weighted by molar-refractivity contribution is -0.146. The highest BCUT2D eigenvalue weighted by Gasteiger charge is 2.19. The van der Waals surface area contributed by atoms with Crippen LogP contribution in [0.1, 0.15) is 79.1 Å². The second-order valence-electron chi connectivity index (χ2n) is 8.15. The van der Waals surface area contributed by atoms with E-state index in [4.69, 9.17) is 14.2 Å². The molecule has 4 heteroatoms. The SMILES string of the molecule is CCOCCOCCOC(=O)CC1CCC=C(CCC=C(C)CCC=C(C)C)C1. The Labute approximate surface area is 178 Å². The number of hydrogen-bond donors (Lipinski definition) is 0. The molecule has 1 rings (SSSR count). The fraction of sp³-hybridized carbons (Fsp3) is 0.720. The molecule has 0 radical (unpaired) electrons. The third kappa shape index (κ3) is 14.3. The maximum atomic E-state index is 12.1. The Kier molecular flexibility index (Phi) is 14.5. The fourth-order valence-electron chi connectivity index (χ4n) is 3.53. The molecule has 0 heterocycles. The van der Waals surface area contributed by atoms with Gasteiger partial charge in [-0.1, -0.05) is 34.9 Å². The lowest BCUT2D eigenvalue weighted by atomic mass is 9.85. The Balaban J connectivity index is 2.17. The Morgan fingerprint density at radius 3 is 2.59 bits per heavy atom. The van der Waals surface area contributed by atoms with E-state index in [9.17, 15) is 4.79 Å². The highest BCUT2D eigenvalue weighted by atomic mass is 16.6. The zero-order chi connectivity index (χ0) is 21.3. The third-order valence-electron chi connectivity index (χ3n) is 5.13. The number of hydrogen-bond acceptors (Lipinski definition) is 4. The Hall–Kier alpha value is -1.39. The van der Waals surface area contributed by atoms with Crippen molar-refractivity contribution >= 4 is 5.97 Å². The molecule has 0 aromatic carbocycles. The molecule has 0 spiro atoms. The summed E-state index contributed by atoms with van der Waals surface area (Å²) in [6, 6.07) is 0. The van der Waals surface area contributed by atoms with E-state index in [1.807, 2.05) is 6.92 Å². The van der Waals surface area contributed by atoms with E-state index in [2.05, 4.69) is 39.0 Å². The highest BCUT2D eigenvalue weighted by Crippen LogP contribution is 2.29. The van der Waals surface area contributed by atoms with Crippen molar-refractivity contribution in [1.82, 2.24) is 0 Å². The van der Waals surface area contributed by atoms with Gasteiger partial charge in [0, 0.05) is 13.0 Å². The van der Waals surface area contributed by atoms with Gasteiger partial charge >= 0.3 is 5.97 Å². The smallest absolute Gasteiger partial charge is 0.306 e. The van der Waals surface area contributed by atoms with Crippen LogP contribution in [0, 0.1) is 5.92 Å². The first-order valence-electron chi connectivity index (χ1n) is 11.3. The number of carbonyl (C=O) groups excluding carboxylic acids is 1. The minimum absolute atomic E-state index is 0.0975.